The Labute approximate surface area is 131 Å². The van der Waals surface area contributed by atoms with Crippen LogP contribution >= 0.6 is 0 Å². The molecule has 0 bridgehead atoms. The molecule has 0 radical (unpaired) electrons. The van der Waals surface area contributed by atoms with Crippen LogP contribution in [-0.4, -0.2) is 37.2 Å². The van der Waals surface area contributed by atoms with Crippen molar-refractivity contribution in [1.82, 2.24) is 0 Å². The molecule has 22 heavy (non-hydrogen) atoms. The molecule has 5 nitrogen and oxygen atoms in total. The fourth-order valence-corrected chi connectivity index (χ4v) is 3.05. The maximum atomic E-state index is 12.2. The Morgan fingerprint density at radius 1 is 1.00 bits per heavy atom. The third-order valence-corrected chi connectivity index (χ3v) is 4.03. The Bertz CT molecular complexity index is 477. The molecule has 0 saturated carbocycles. The van der Waals surface area contributed by atoms with Gasteiger partial charge in [-0.25, -0.2) is 9.59 Å². The molecule has 1 aromatic rings. The minimum absolute atomic E-state index is 0.222. The van der Waals surface area contributed by atoms with Crippen LogP contribution in [0.15, 0.2) is 30.3 Å². The van der Waals surface area contributed by atoms with Gasteiger partial charge in [-0.1, -0.05) is 30.3 Å². The van der Waals surface area contributed by atoms with Crippen LogP contribution in [0.2, 0.25) is 0 Å². The van der Waals surface area contributed by atoms with Gasteiger partial charge in [-0.3, -0.25) is 0 Å². The molecule has 1 N–H and O–H groups in total. The SMILES string of the molecule is CCOC(=O)[C@H]1CC[C@@H](C(=O)OCC)[NH+]1Cc1ccccc1. The number of carbonyl (C=O) groups excluding carboxylic acids is 2. The Morgan fingerprint density at radius 3 is 1.95 bits per heavy atom. The van der Waals surface area contributed by atoms with Crippen LogP contribution in [0, 0.1) is 0 Å². The van der Waals surface area contributed by atoms with Crippen molar-refractivity contribution < 1.29 is 24.0 Å². The molecule has 0 aliphatic carbocycles. The molecule has 0 amide bonds. The zero-order valence-corrected chi connectivity index (χ0v) is 13.2. The zero-order chi connectivity index (χ0) is 15.9. The summed E-state index contributed by atoms with van der Waals surface area (Å²) in [5, 5.41) is 0. The summed E-state index contributed by atoms with van der Waals surface area (Å²) in [6.07, 6.45) is 1.31. The van der Waals surface area contributed by atoms with Crippen LogP contribution in [0.4, 0.5) is 0 Å². The summed E-state index contributed by atoms with van der Waals surface area (Å²) in [5.74, 6) is -0.444. The van der Waals surface area contributed by atoms with Gasteiger partial charge in [0.1, 0.15) is 6.54 Å². The number of hydrogen-bond donors (Lipinski definition) is 1. The number of benzene rings is 1. The van der Waals surface area contributed by atoms with E-state index in [0.717, 1.165) is 10.5 Å². The van der Waals surface area contributed by atoms with Gasteiger partial charge < -0.3 is 14.4 Å². The summed E-state index contributed by atoms with van der Waals surface area (Å²) in [7, 11) is 0. The van der Waals surface area contributed by atoms with Crippen molar-refractivity contribution >= 4 is 11.9 Å². The minimum atomic E-state index is -0.297. The largest absolute Gasteiger partial charge is 0.462 e. The molecule has 1 heterocycles. The lowest BCUT2D eigenvalue weighted by Crippen LogP contribution is -3.17. The van der Waals surface area contributed by atoms with E-state index in [1.54, 1.807) is 13.8 Å². The van der Waals surface area contributed by atoms with E-state index in [0.29, 0.717) is 32.6 Å². The highest BCUT2D eigenvalue weighted by Gasteiger charge is 2.47. The molecular formula is C17H24NO4+. The predicted octanol–water partition coefficient (Wildman–Crippen LogP) is 0.729. The number of quaternary nitrogens is 1. The van der Waals surface area contributed by atoms with Gasteiger partial charge in [-0.15, -0.1) is 0 Å². The molecule has 120 valence electrons. The molecule has 1 aromatic carbocycles. The summed E-state index contributed by atoms with van der Waals surface area (Å²) in [6.45, 7) is 4.93. The third kappa shape index (κ3) is 3.85. The van der Waals surface area contributed by atoms with E-state index in [4.69, 9.17) is 9.47 Å². The molecule has 1 aliphatic rings. The number of hydrogen-bond acceptors (Lipinski definition) is 4. The van der Waals surface area contributed by atoms with Crippen molar-refractivity contribution in [3.63, 3.8) is 0 Å². The van der Waals surface area contributed by atoms with Gasteiger partial charge in [0.05, 0.1) is 13.2 Å². The van der Waals surface area contributed by atoms with Crippen molar-refractivity contribution in [1.29, 1.82) is 0 Å². The smallest absolute Gasteiger partial charge is 0.364 e. The molecule has 2 rings (SSSR count). The van der Waals surface area contributed by atoms with Crippen LogP contribution in [0.5, 0.6) is 0 Å². The highest BCUT2D eigenvalue weighted by molar-refractivity contribution is 5.78. The Morgan fingerprint density at radius 2 is 1.50 bits per heavy atom. The topological polar surface area (TPSA) is 57.0 Å². The van der Waals surface area contributed by atoms with Crippen LogP contribution in [-0.2, 0) is 25.6 Å². The van der Waals surface area contributed by atoms with E-state index >= 15 is 0 Å². The first kappa shape index (κ1) is 16.5. The van der Waals surface area contributed by atoms with Crippen molar-refractivity contribution in [2.24, 2.45) is 0 Å². The van der Waals surface area contributed by atoms with Gasteiger partial charge in [-0.2, -0.15) is 0 Å². The number of nitrogens with one attached hydrogen (secondary N) is 1. The monoisotopic (exact) mass is 306 g/mol. The molecule has 5 heteroatoms. The molecule has 1 aliphatic heterocycles. The zero-order valence-electron chi connectivity index (χ0n) is 13.2. The van der Waals surface area contributed by atoms with E-state index in [1.165, 1.54) is 0 Å². The number of rotatable bonds is 6. The number of esters is 2. The summed E-state index contributed by atoms with van der Waals surface area (Å²) in [6, 6.07) is 9.30. The van der Waals surface area contributed by atoms with E-state index in [2.05, 4.69) is 0 Å². The predicted molar refractivity (Wildman–Crippen MR) is 81.2 cm³/mol. The lowest BCUT2D eigenvalue weighted by atomic mass is 10.2. The second kappa shape index (κ2) is 7.94. The average Bonchev–Trinajstić information content (AvgIpc) is 2.92. The van der Waals surface area contributed by atoms with Crippen molar-refractivity contribution in [2.45, 2.75) is 45.3 Å². The van der Waals surface area contributed by atoms with Crippen LogP contribution in [0.25, 0.3) is 0 Å². The number of likely N-dealkylation sites (tertiary alicyclic amines) is 1. The Balaban J connectivity index is 2.17. The van der Waals surface area contributed by atoms with E-state index in [-0.39, 0.29) is 24.0 Å². The van der Waals surface area contributed by atoms with Crippen LogP contribution in [0.3, 0.4) is 0 Å². The van der Waals surface area contributed by atoms with Gasteiger partial charge in [0.25, 0.3) is 0 Å². The van der Waals surface area contributed by atoms with Crippen LogP contribution in [0.1, 0.15) is 32.3 Å². The van der Waals surface area contributed by atoms with E-state index in [1.807, 2.05) is 30.3 Å². The third-order valence-electron chi connectivity index (χ3n) is 4.03. The molecule has 1 unspecified atom stereocenters. The number of carbonyl (C=O) groups is 2. The molecule has 1 fully saturated rings. The summed E-state index contributed by atoms with van der Waals surface area (Å²) in [5.41, 5.74) is 1.10. The van der Waals surface area contributed by atoms with Crippen molar-refractivity contribution in [2.75, 3.05) is 13.2 Å². The molecule has 1 saturated heterocycles. The fraction of sp³-hybridized carbons (Fsp3) is 0.529. The number of ether oxygens (including phenoxy) is 2. The van der Waals surface area contributed by atoms with Crippen molar-refractivity contribution in [3.05, 3.63) is 35.9 Å². The van der Waals surface area contributed by atoms with Gasteiger partial charge in [0.15, 0.2) is 12.1 Å². The molecule has 0 aromatic heterocycles. The molecular weight excluding hydrogens is 282 g/mol. The summed E-state index contributed by atoms with van der Waals surface area (Å²) in [4.78, 5) is 25.3. The molecule has 3 atom stereocenters. The Kier molecular flexibility index (Phi) is 5.95. The summed E-state index contributed by atoms with van der Waals surface area (Å²) < 4.78 is 10.3. The van der Waals surface area contributed by atoms with Crippen molar-refractivity contribution in [3.8, 4) is 0 Å². The normalized spacial score (nSPS) is 24.0. The maximum absolute atomic E-state index is 12.2. The maximum Gasteiger partial charge on any atom is 0.364 e. The second-order valence-electron chi connectivity index (χ2n) is 5.42. The minimum Gasteiger partial charge on any atom is -0.462 e. The standard InChI is InChI=1S/C17H23NO4/c1-3-21-16(19)14-10-11-15(17(20)22-4-2)18(14)12-13-8-6-5-7-9-13/h5-9,14-15H,3-4,10-12H2,1-2H3/p+1/t14-,15+. The van der Waals surface area contributed by atoms with Gasteiger partial charge in [0, 0.05) is 18.4 Å². The lowest BCUT2D eigenvalue weighted by molar-refractivity contribution is -0.933. The highest BCUT2D eigenvalue weighted by Crippen LogP contribution is 2.12. The Hall–Kier alpha value is -1.88. The fourth-order valence-electron chi connectivity index (χ4n) is 3.05. The van der Waals surface area contributed by atoms with Gasteiger partial charge in [-0.05, 0) is 13.8 Å². The lowest BCUT2D eigenvalue weighted by Gasteiger charge is -2.25. The quantitative estimate of drug-likeness (QED) is 0.787. The average molecular weight is 306 g/mol. The van der Waals surface area contributed by atoms with Crippen LogP contribution < -0.4 is 4.90 Å². The first-order valence-electron chi connectivity index (χ1n) is 7.90. The van der Waals surface area contributed by atoms with E-state index < -0.39 is 0 Å². The molecule has 0 spiro atoms. The van der Waals surface area contributed by atoms with Gasteiger partial charge in [0.2, 0.25) is 0 Å². The second-order valence-corrected chi connectivity index (χ2v) is 5.42. The van der Waals surface area contributed by atoms with Gasteiger partial charge >= 0.3 is 11.9 Å². The van der Waals surface area contributed by atoms with E-state index in [9.17, 15) is 9.59 Å². The first-order valence-corrected chi connectivity index (χ1v) is 7.90. The highest BCUT2D eigenvalue weighted by atomic mass is 16.5. The summed E-state index contributed by atoms with van der Waals surface area (Å²) >= 11 is 0. The first-order chi connectivity index (χ1) is 10.7.